The first kappa shape index (κ1) is 18.8. The fourth-order valence-electron chi connectivity index (χ4n) is 3.30. The minimum absolute atomic E-state index is 0.0481. The minimum atomic E-state index is -0.977. The number of rotatable bonds is 4. The molecule has 1 saturated carbocycles. The molecule has 27 heavy (non-hydrogen) atoms. The van der Waals surface area contributed by atoms with Gasteiger partial charge in [-0.05, 0) is 49.8 Å². The highest BCUT2D eigenvalue weighted by atomic mass is 19.1. The molecule has 144 valence electrons. The Morgan fingerprint density at radius 2 is 2.04 bits per heavy atom. The van der Waals surface area contributed by atoms with E-state index in [-0.39, 0.29) is 5.56 Å². The monoisotopic (exact) mass is 377 g/mol. The number of benzene rings is 1. The molecule has 1 spiro atoms. The molecule has 1 saturated heterocycles. The summed E-state index contributed by atoms with van der Waals surface area (Å²) < 4.78 is 17.9. The molecule has 1 aromatic rings. The van der Waals surface area contributed by atoms with Crippen LogP contribution in [0.1, 0.15) is 43.0 Å². The van der Waals surface area contributed by atoms with Crippen molar-refractivity contribution in [2.75, 3.05) is 6.61 Å². The summed E-state index contributed by atoms with van der Waals surface area (Å²) in [6, 6.07) is 4.12. The number of urea groups is 1. The third-order valence-electron chi connectivity index (χ3n) is 4.92. The van der Waals surface area contributed by atoms with Crippen LogP contribution in [0.3, 0.4) is 0 Å². The lowest BCUT2D eigenvalue weighted by Crippen LogP contribution is -2.52. The number of halogens is 1. The van der Waals surface area contributed by atoms with E-state index in [1.165, 1.54) is 18.2 Å². The SMILES string of the molecule is CC1CCC2(CC1)NC(=O)N(NC(=O)COC(=O)c1cccc(F)c1)C2=O. The molecule has 1 aliphatic heterocycles. The first-order valence-corrected chi connectivity index (χ1v) is 8.69. The largest absolute Gasteiger partial charge is 0.452 e. The van der Waals surface area contributed by atoms with Crippen molar-refractivity contribution in [3.63, 3.8) is 0 Å². The van der Waals surface area contributed by atoms with E-state index in [1.54, 1.807) is 0 Å². The maximum atomic E-state index is 13.1. The molecule has 0 atom stereocenters. The molecule has 2 fully saturated rings. The zero-order valence-corrected chi connectivity index (χ0v) is 14.8. The molecule has 2 aliphatic rings. The summed E-state index contributed by atoms with van der Waals surface area (Å²) >= 11 is 0. The number of hydrazine groups is 1. The number of nitrogens with one attached hydrogen (secondary N) is 2. The molecular weight excluding hydrogens is 357 g/mol. The lowest BCUT2D eigenvalue weighted by Gasteiger charge is -2.33. The summed E-state index contributed by atoms with van der Waals surface area (Å²) in [5.41, 5.74) is 1.14. The van der Waals surface area contributed by atoms with Gasteiger partial charge in [0.05, 0.1) is 5.56 Å². The first-order chi connectivity index (χ1) is 12.8. The van der Waals surface area contributed by atoms with Crippen molar-refractivity contribution in [1.29, 1.82) is 0 Å². The Kier molecular flexibility index (Phi) is 5.11. The predicted molar refractivity (Wildman–Crippen MR) is 90.6 cm³/mol. The molecule has 1 aliphatic carbocycles. The van der Waals surface area contributed by atoms with Gasteiger partial charge in [-0.2, -0.15) is 5.01 Å². The number of carbonyl (C=O) groups is 4. The van der Waals surface area contributed by atoms with Gasteiger partial charge in [-0.1, -0.05) is 13.0 Å². The van der Waals surface area contributed by atoms with Crippen LogP contribution in [-0.2, 0) is 14.3 Å². The zero-order valence-electron chi connectivity index (χ0n) is 14.8. The Bertz CT molecular complexity index is 789. The van der Waals surface area contributed by atoms with Crippen molar-refractivity contribution >= 4 is 23.8 Å². The van der Waals surface area contributed by atoms with Crippen LogP contribution in [0.2, 0.25) is 0 Å². The van der Waals surface area contributed by atoms with Crippen molar-refractivity contribution in [2.24, 2.45) is 5.92 Å². The third kappa shape index (κ3) is 3.91. The highest BCUT2D eigenvalue weighted by Crippen LogP contribution is 2.35. The number of nitrogens with zero attached hydrogens (tertiary/aromatic N) is 1. The van der Waals surface area contributed by atoms with Gasteiger partial charge in [0.1, 0.15) is 11.4 Å². The van der Waals surface area contributed by atoms with Gasteiger partial charge in [-0.25, -0.2) is 14.0 Å². The zero-order chi connectivity index (χ0) is 19.6. The number of carbonyl (C=O) groups excluding carboxylic acids is 4. The van der Waals surface area contributed by atoms with E-state index < -0.39 is 41.8 Å². The Hall–Kier alpha value is -2.97. The maximum absolute atomic E-state index is 13.1. The van der Waals surface area contributed by atoms with E-state index in [1.807, 2.05) is 0 Å². The smallest absolute Gasteiger partial charge is 0.344 e. The second kappa shape index (κ2) is 7.34. The number of hydrogen-bond donors (Lipinski definition) is 2. The van der Waals surface area contributed by atoms with Crippen LogP contribution in [0.25, 0.3) is 0 Å². The highest BCUT2D eigenvalue weighted by Gasteiger charge is 2.52. The van der Waals surface area contributed by atoms with Gasteiger partial charge in [-0.3, -0.25) is 15.0 Å². The van der Waals surface area contributed by atoms with E-state index in [2.05, 4.69) is 17.7 Å². The fraction of sp³-hybridized carbons (Fsp3) is 0.444. The molecule has 1 aromatic carbocycles. The van der Waals surface area contributed by atoms with Crippen LogP contribution in [-0.4, -0.2) is 41.0 Å². The second-order valence-corrected chi connectivity index (χ2v) is 6.96. The molecule has 9 heteroatoms. The Labute approximate surface area is 155 Å². The van der Waals surface area contributed by atoms with Gasteiger partial charge in [0.25, 0.3) is 11.8 Å². The van der Waals surface area contributed by atoms with Gasteiger partial charge in [0.2, 0.25) is 0 Å². The molecule has 4 amide bonds. The summed E-state index contributed by atoms with van der Waals surface area (Å²) in [6.07, 6.45) is 2.64. The van der Waals surface area contributed by atoms with Crippen LogP contribution in [0.4, 0.5) is 9.18 Å². The van der Waals surface area contributed by atoms with E-state index in [0.717, 1.165) is 18.9 Å². The standard InChI is InChI=1S/C18H20FN3O5/c1-11-5-7-18(8-6-11)16(25)22(17(26)20-18)21-14(23)10-27-15(24)12-3-2-4-13(19)9-12/h2-4,9,11H,5-8,10H2,1H3,(H,20,26)(H,21,23). The molecule has 2 N–H and O–H groups in total. The van der Waals surface area contributed by atoms with E-state index in [0.29, 0.717) is 23.8 Å². The van der Waals surface area contributed by atoms with Gasteiger partial charge in [-0.15, -0.1) is 0 Å². The highest BCUT2D eigenvalue weighted by molar-refractivity contribution is 6.08. The van der Waals surface area contributed by atoms with Crippen LogP contribution in [0.5, 0.6) is 0 Å². The third-order valence-corrected chi connectivity index (χ3v) is 4.92. The summed E-state index contributed by atoms with van der Waals surface area (Å²) in [6.45, 7) is 1.37. The predicted octanol–water partition coefficient (Wildman–Crippen LogP) is 1.51. The Morgan fingerprint density at radius 1 is 1.33 bits per heavy atom. The van der Waals surface area contributed by atoms with Crippen LogP contribution >= 0.6 is 0 Å². The lowest BCUT2D eigenvalue weighted by molar-refractivity contribution is -0.141. The number of hydrogen-bond acceptors (Lipinski definition) is 5. The molecule has 0 aromatic heterocycles. The van der Waals surface area contributed by atoms with E-state index in [4.69, 9.17) is 4.74 Å². The van der Waals surface area contributed by atoms with Crippen molar-refractivity contribution in [2.45, 2.75) is 38.1 Å². The number of ether oxygens (including phenoxy) is 1. The van der Waals surface area contributed by atoms with E-state index >= 15 is 0 Å². The maximum Gasteiger partial charge on any atom is 0.344 e. The molecule has 3 rings (SSSR count). The fourth-order valence-corrected chi connectivity index (χ4v) is 3.30. The topological polar surface area (TPSA) is 105 Å². The summed E-state index contributed by atoms with van der Waals surface area (Å²) in [5, 5.41) is 3.30. The normalized spacial score (nSPS) is 24.7. The molecule has 0 radical (unpaired) electrons. The average molecular weight is 377 g/mol. The van der Waals surface area contributed by atoms with Gasteiger partial charge in [0.15, 0.2) is 6.61 Å². The molecule has 1 heterocycles. The number of imide groups is 1. The van der Waals surface area contributed by atoms with Gasteiger partial charge in [0, 0.05) is 0 Å². The van der Waals surface area contributed by atoms with Gasteiger partial charge < -0.3 is 10.1 Å². The summed E-state index contributed by atoms with van der Waals surface area (Å²) in [7, 11) is 0. The minimum Gasteiger partial charge on any atom is -0.452 e. The quantitative estimate of drug-likeness (QED) is 0.611. The molecule has 0 unspecified atom stereocenters. The number of esters is 1. The molecule has 8 nitrogen and oxygen atoms in total. The van der Waals surface area contributed by atoms with Crippen LogP contribution < -0.4 is 10.7 Å². The van der Waals surface area contributed by atoms with Crippen molar-refractivity contribution in [1.82, 2.24) is 15.8 Å². The van der Waals surface area contributed by atoms with Crippen molar-refractivity contribution in [3.8, 4) is 0 Å². The average Bonchev–Trinajstić information content (AvgIpc) is 2.86. The summed E-state index contributed by atoms with van der Waals surface area (Å²) in [4.78, 5) is 48.5. The van der Waals surface area contributed by atoms with E-state index in [9.17, 15) is 23.6 Å². The lowest BCUT2D eigenvalue weighted by atomic mass is 9.77. The molecule has 0 bridgehead atoms. The second-order valence-electron chi connectivity index (χ2n) is 6.96. The number of amides is 4. The first-order valence-electron chi connectivity index (χ1n) is 8.69. The van der Waals surface area contributed by atoms with Gasteiger partial charge >= 0.3 is 12.0 Å². The van der Waals surface area contributed by atoms with Crippen molar-refractivity contribution < 1.29 is 28.3 Å². The summed E-state index contributed by atoms with van der Waals surface area (Å²) in [5.74, 6) is -2.38. The molecular formula is C18H20FN3O5. The Balaban J connectivity index is 1.55. The van der Waals surface area contributed by atoms with Crippen LogP contribution in [0.15, 0.2) is 24.3 Å². The Morgan fingerprint density at radius 3 is 2.70 bits per heavy atom. The van der Waals surface area contributed by atoms with Crippen LogP contribution in [0, 0.1) is 11.7 Å². The van der Waals surface area contributed by atoms with Crippen molar-refractivity contribution in [3.05, 3.63) is 35.6 Å².